The maximum absolute atomic E-state index is 13.4. The van der Waals surface area contributed by atoms with Gasteiger partial charge in [0.25, 0.3) is 0 Å². The number of esters is 1. The number of ether oxygens (including phenoxy) is 3. The second kappa shape index (κ2) is 3.76. The molecule has 1 unspecified atom stereocenters. The quantitative estimate of drug-likeness (QED) is 0.698. The second-order valence-corrected chi connectivity index (χ2v) is 3.00. The molecule has 80 valence electrons. The molecule has 1 aliphatic rings. The maximum Gasteiger partial charge on any atom is 0.345 e. The summed E-state index contributed by atoms with van der Waals surface area (Å²) in [6.07, 6.45) is -1.79. The van der Waals surface area contributed by atoms with Crippen LogP contribution in [0.15, 0.2) is 18.2 Å². The van der Waals surface area contributed by atoms with Crippen molar-refractivity contribution in [2.45, 2.75) is 6.17 Å². The zero-order chi connectivity index (χ0) is 10.8. The molecule has 1 aliphatic heterocycles. The van der Waals surface area contributed by atoms with Crippen molar-refractivity contribution in [2.24, 2.45) is 0 Å². The summed E-state index contributed by atoms with van der Waals surface area (Å²) in [5.74, 6) is 0.0729. The molecule has 0 N–H and O–H groups in total. The van der Waals surface area contributed by atoms with E-state index in [1.54, 1.807) is 6.07 Å². The number of fused-ring (bicyclic) bond motifs is 1. The van der Waals surface area contributed by atoms with Crippen LogP contribution in [0.25, 0.3) is 0 Å². The fourth-order valence-corrected chi connectivity index (χ4v) is 1.31. The topological polar surface area (TPSA) is 44.8 Å². The van der Waals surface area contributed by atoms with Gasteiger partial charge in [-0.25, -0.2) is 9.18 Å². The number of rotatable bonds is 2. The van der Waals surface area contributed by atoms with Gasteiger partial charge in [-0.3, -0.25) is 0 Å². The highest BCUT2D eigenvalue weighted by molar-refractivity contribution is 5.76. The predicted octanol–water partition coefficient (Wildman–Crippen LogP) is 1.60. The van der Waals surface area contributed by atoms with Crippen molar-refractivity contribution in [3.05, 3.63) is 23.8 Å². The number of methoxy groups -OCH3 is 1. The third-order valence-corrected chi connectivity index (χ3v) is 2.10. The van der Waals surface area contributed by atoms with Gasteiger partial charge in [0.2, 0.25) is 13.0 Å². The molecule has 0 radical (unpaired) electrons. The Morgan fingerprint density at radius 3 is 2.93 bits per heavy atom. The molecule has 0 saturated heterocycles. The van der Waals surface area contributed by atoms with E-state index in [-0.39, 0.29) is 12.4 Å². The molecule has 0 spiro atoms. The van der Waals surface area contributed by atoms with Crippen LogP contribution in [0.5, 0.6) is 11.5 Å². The van der Waals surface area contributed by atoms with Crippen molar-refractivity contribution < 1.29 is 23.4 Å². The maximum atomic E-state index is 13.4. The normalized spacial score (nSPS) is 14.8. The standard InChI is InChI=1S/C10H9FO4/c1-13-10(12)9(11)6-2-3-7-8(4-6)15-5-14-7/h2-4,9H,5H2,1H3. The molecule has 1 atom stereocenters. The summed E-state index contributed by atoms with van der Waals surface area (Å²) in [5, 5.41) is 0. The third-order valence-electron chi connectivity index (χ3n) is 2.10. The molecule has 0 bridgehead atoms. The summed E-state index contributed by atoms with van der Waals surface area (Å²) < 4.78 is 27.8. The molecular formula is C10H9FO4. The minimum atomic E-state index is -1.79. The van der Waals surface area contributed by atoms with Gasteiger partial charge in [-0.05, 0) is 12.1 Å². The van der Waals surface area contributed by atoms with Crippen LogP contribution in [0.1, 0.15) is 11.7 Å². The Balaban J connectivity index is 2.26. The first kappa shape index (κ1) is 9.76. The van der Waals surface area contributed by atoms with Crippen LogP contribution < -0.4 is 9.47 Å². The van der Waals surface area contributed by atoms with E-state index in [9.17, 15) is 9.18 Å². The Kier molecular flexibility index (Phi) is 2.45. The molecule has 5 heteroatoms. The van der Waals surface area contributed by atoms with E-state index < -0.39 is 12.1 Å². The zero-order valence-electron chi connectivity index (χ0n) is 8.03. The number of carbonyl (C=O) groups excluding carboxylic acids is 1. The molecule has 4 nitrogen and oxygen atoms in total. The fraction of sp³-hybridized carbons (Fsp3) is 0.300. The monoisotopic (exact) mass is 212 g/mol. The summed E-state index contributed by atoms with van der Waals surface area (Å²) in [7, 11) is 1.14. The van der Waals surface area contributed by atoms with Gasteiger partial charge in [-0.15, -0.1) is 0 Å². The van der Waals surface area contributed by atoms with E-state index in [1.165, 1.54) is 12.1 Å². The number of hydrogen-bond acceptors (Lipinski definition) is 4. The summed E-state index contributed by atoms with van der Waals surface area (Å²) >= 11 is 0. The van der Waals surface area contributed by atoms with Crippen molar-refractivity contribution in [1.82, 2.24) is 0 Å². The van der Waals surface area contributed by atoms with Gasteiger partial charge in [-0.1, -0.05) is 6.07 Å². The van der Waals surface area contributed by atoms with Crippen molar-refractivity contribution in [2.75, 3.05) is 13.9 Å². The van der Waals surface area contributed by atoms with Gasteiger partial charge >= 0.3 is 5.97 Å². The summed E-state index contributed by atoms with van der Waals surface area (Å²) in [4.78, 5) is 10.9. The van der Waals surface area contributed by atoms with Gasteiger partial charge in [0, 0.05) is 5.56 Å². The molecule has 0 amide bonds. The molecule has 0 saturated carbocycles. The van der Waals surface area contributed by atoms with Crippen LogP contribution in [-0.2, 0) is 9.53 Å². The zero-order valence-corrected chi connectivity index (χ0v) is 8.03. The summed E-state index contributed by atoms with van der Waals surface area (Å²) in [6, 6.07) is 4.46. The Morgan fingerprint density at radius 1 is 1.47 bits per heavy atom. The molecule has 15 heavy (non-hydrogen) atoms. The highest BCUT2D eigenvalue weighted by atomic mass is 19.1. The Bertz CT molecular complexity index is 391. The molecule has 1 heterocycles. The molecule has 0 fully saturated rings. The minimum Gasteiger partial charge on any atom is -0.467 e. The predicted molar refractivity (Wildman–Crippen MR) is 48.4 cm³/mol. The first-order valence-corrected chi connectivity index (χ1v) is 4.34. The number of hydrogen-bond donors (Lipinski definition) is 0. The fourth-order valence-electron chi connectivity index (χ4n) is 1.31. The Labute approximate surface area is 85.6 Å². The molecule has 1 aromatic rings. The molecule has 1 aromatic carbocycles. The summed E-state index contributed by atoms with van der Waals surface area (Å²) in [6.45, 7) is 0.119. The highest BCUT2D eigenvalue weighted by Gasteiger charge is 2.23. The average molecular weight is 212 g/mol. The molecule has 0 aromatic heterocycles. The van der Waals surface area contributed by atoms with Crippen molar-refractivity contribution >= 4 is 5.97 Å². The van der Waals surface area contributed by atoms with Crippen molar-refractivity contribution in [1.29, 1.82) is 0 Å². The van der Waals surface area contributed by atoms with Gasteiger partial charge in [0.05, 0.1) is 7.11 Å². The van der Waals surface area contributed by atoms with Crippen LogP contribution in [0, 0.1) is 0 Å². The lowest BCUT2D eigenvalue weighted by atomic mass is 10.1. The van der Waals surface area contributed by atoms with Crippen molar-refractivity contribution in [3.63, 3.8) is 0 Å². The van der Waals surface area contributed by atoms with E-state index in [4.69, 9.17) is 9.47 Å². The second-order valence-electron chi connectivity index (χ2n) is 3.00. The number of alkyl halides is 1. The van der Waals surface area contributed by atoms with Gasteiger partial charge in [-0.2, -0.15) is 0 Å². The molecule has 0 aliphatic carbocycles. The van der Waals surface area contributed by atoms with Gasteiger partial charge in [0.15, 0.2) is 11.5 Å². The first-order chi connectivity index (χ1) is 7.22. The van der Waals surface area contributed by atoms with E-state index in [0.717, 1.165) is 7.11 Å². The van der Waals surface area contributed by atoms with Crippen molar-refractivity contribution in [3.8, 4) is 11.5 Å². The Hall–Kier alpha value is -1.78. The Morgan fingerprint density at radius 2 is 2.20 bits per heavy atom. The van der Waals surface area contributed by atoms with E-state index in [1.807, 2.05) is 0 Å². The van der Waals surface area contributed by atoms with Crippen LogP contribution in [0.4, 0.5) is 4.39 Å². The van der Waals surface area contributed by atoms with Crippen LogP contribution in [0.3, 0.4) is 0 Å². The first-order valence-electron chi connectivity index (χ1n) is 4.34. The van der Waals surface area contributed by atoms with Crippen LogP contribution in [0.2, 0.25) is 0 Å². The lowest BCUT2D eigenvalue weighted by Gasteiger charge is -2.06. The summed E-state index contributed by atoms with van der Waals surface area (Å²) in [5.41, 5.74) is 0.200. The number of benzene rings is 1. The number of carbonyl (C=O) groups is 1. The lowest BCUT2D eigenvalue weighted by Crippen LogP contribution is -2.09. The third kappa shape index (κ3) is 1.72. The van der Waals surface area contributed by atoms with Crippen LogP contribution in [-0.4, -0.2) is 19.9 Å². The van der Waals surface area contributed by atoms with E-state index in [0.29, 0.717) is 11.5 Å². The van der Waals surface area contributed by atoms with Crippen LogP contribution >= 0.6 is 0 Å². The molecule has 2 rings (SSSR count). The highest BCUT2D eigenvalue weighted by Crippen LogP contribution is 2.35. The average Bonchev–Trinajstić information content (AvgIpc) is 2.73. The van der Waals surface area contributed by atoms with Gasteiger partial charge < -0.3 is 14.2 Å². The van der Waals surface area contributed by atoms with E-state index in [2.05, 4.69) is 4.74 Å². The lowest BCUT2D eigenvalue weighted by molar-refractivity contribution is -0.146. The smallest absolute Gasteiger partial charge is 0.345 e. The SMILES string of the molecule is COC(=O)C(F)c1ccc2c(c1)OCO2. The minimum absolute atomic E-state index is 0.119. The number of halogens is 1. The van der Waals surface area contributed by atoms with Gasteiger partial charge in [0.1, 0.15) is 0 Å². The molecular weight excluding hydrogens is 203 g/mol. The largest absolute Gasteiger partial charge is 0.467 e. The van der Waals surface area contributed by atoms with E-state index >= 15 is 0 Å².